The van der Waals surface area contributed by atoms with Crippen LogP contribution in [0, 0.1) is 0 Å². The summed E-state index contributed by atoms with van der Waals surface area (Å²) >= 11 is 1.20. The topological polar surface area (TPSA) is 91.5 Å². The molecule has 0 bridgehead atoms. The molecule has 4 N–H and O–H groups in total. The third-order valence-corrected chi connectivity index (χ3v) is 3.42. The molecule has 7 heteroatoms. The van der Waals surface area contributed by atoms with Gasteiger partial charge in [-0.15, -0.1) is 0 Å². The molecule has 1 aromatic rings. The SMILES string of the molecule is CCCN(CCO)c1snc(N)c1C(=O)NC(C)C. The molecule has 0 radical (unpaired) electrons. The van der Waals surface area contributed by atoms with Gasteiger partial charge in [0.2, 0.25) is 0 Å². The van der Waals surface area contributed by atoms with Crippen molar-refractivity contribution >= 4 is 28.3 Å². The van der Waals surface area contributed by atoms with Crippen molar-refractivity contribution in [1.29, 1.82) is 0 Å². The molecule has 0 atom stereocenters. The van der Waals surface area contributed by atoms with Crippen LogP contribution in [-0.4, -0.2) is 41.1 Å². The Hall–Kier alpha value is -1.34. The molecule has 1 heterocycles. The first-order valence-electron chi connectivity index (χ1n) is 6.43. The Labute approximate surface area is 117 Å². The van der Waals surface area contributed by atoms with Crippen LogP contribution in [0.3, 0.4) is 0 Å². The van der Waals surface area contributed by atoms with Crippen LogP contribution in [0.2, 0.25) is 0 Å². The fourth-order valence-corrected chi connectivity index (χ4v) is 2.63. The second-order valence-corrected chi connectivity index (χ2v) is 5.34. The normalized spacial score (nSPS) is 10.8. The summed E-state index contributed by atoms with van der Waals surface area (Å²) < 4.78 is 4.07. The first-order chi connectivity index (χ1) is 9.01. The summed E-state index contributed by atoms with van der Waals surface area (Å²) in [5.41, 5.74) is 6.21. The van der Waals surface area contributed by atoms with E-state index in [1.165, 1.54) is 11.5 Å². The lowest BCUT2D eigenvalue weighted by Gasteiger charge is -2.22. The third-order valence-electron chi connectivity index (χ3n) is 2.50. The van der Waals surface area contributed by atoms with Crippen molar-refractivity contribution in [3.05, 3.63) is 5.56 Å². The summed E-state index contributed by atoms with van der Waals surface area (Å²) in [6.45, 7) is 7.09. The van der Waals surface area contributed by atoms with Crippen molar-refractivity contribution in [3.8, 4) is 0 Å². The van der Waals surface area contributed by atoms with Gasteiger partial charge in [0, 0.05) is 19.1 Å². The second-order valence-electron chi connectivity index (χ2n) is 4.59. The van der Waals surface area contributed by atoms with Crippen molar-refractivity contribution in [2.75, 3.05) is 30.3 Å². The quantitative estimate of drug-likeness (QED) is 0.697. The maximum atomic E-state index is 12.2. The molecule has 19 heavy (non-hydrogen) atoms. The number of carbonyl (C=O) groups excluding carboxylic acids is 1. The molecule has 0 spiro atoms. The van der Waals surface area contributed by atoms with E-state index in [4.69, 9.17) is 10.8 Å². The Balaban J connectivity index is 3.03. The standard InChI is InChI=1S/C12H22N4O2S/c1-4-5-16(6-7-17)12-9(10(13)15-19-12)11(18)14-8(2)3/h8,17H,4-7H2,1-3H3,(H2,13,15)(H,14,18). The Morgan fingerprint density at radius 2 is 2.21 bits per heavy atom. The number of nitrogens with one attached hydrogen (secondary N) is 1. The molecular formula is C12H22N4O2S. The average molecular weight is 286 g/mol. The zero-order chi connectivity index (χ0) is 14.4. The summed E-state index contributed by atoms with van der Waals surface area (Å²) in [6, 6.07) is 0.0390. The second kappa shape index (κ2) is 7.30. The van der Waals surface area contributed by atoms with Gasteiger partial charge in [-0.05, 0) is 31.8 Å². The summed E-state index contributed by atoms with van der Waals surface area (Å²) in [6.07, 6.45) is 0.920. The van der Waals surface area contributed by atoms with Gasteiger partial charge < -0.3 is 21.1 Å². The number of aliphatic hydroxyl groups excluding tert-OH is 1. The van der Waals surface area contributed by atoms with Crippen molar-refractivity contribution in [3.63, 3.8) is 0 Å². The Kier molecular flexibility index (Phi) is 6.04. The number of hydrogen-bond acceptors (Lipinski definition) is 6. The molecule has 1 aromatic heterocycles. The van der Waals surface area contributed by atoms with Crippen LogP contribution in [0.25, 0.3) is 0 Å². The van der Waals surface area contributed by atoms with Gasteiger partial charge in [0.15, 0.2) is 5.82 Å². The smallest absolute Gasteiger partial charge is 0.258 e. The van der Waals surface area contributed by atoms with Crippen LogP contribution in [0.1, 0.15) is 37.6 Å². The molecule has 0 aliphatic heterocycles. The molecule has 108 valence electrons. The highest BCUT2D eigenvalue weighted by Gasteiger charge is 2.23. The van der Waals surface area contributed by atoms with Crippen molar-refractivity contribution in [2.45, 2.75) is 33.2 Å². The Bertz CT molecular complexity index is 414. The van der Waals surface area contributed by atoms with E-state index >= 15 is 0 Å². The van der Waals surface area contributed by atoms with Gasteiger partial charge in [-0.1, -0.05) is 6.92 Å². The fraction of sp³-hybridized carbons (Fsp3) is 0.667. The first-order valence-corrected chi connectivity index (χ1v) is 7.20. The van der Waals surface area contributed by atoms with E-state index in [1.807, 2.05) is 25.7 Å². The minimum atomic E-state index is -0.213. The number of aliphatic hydroxyl groups is 1. The molecule has 1 rings (SSSR count). The van der Waals surface area contributed by atoms with E-state index in [9.17, 15) is 4.79 Å². The van der Waals surface area contributed by atoms with Crippen molar-refractivity contribution in [1.82, 2.24) is 9.69 Å². The maximum Gasteiger partial charge on any atom is 0.258 e. The van der Waals surface area contributed by atoms with Crippen LogP contribution >= 0.6 is 11.5 Å². The van der Waals surface area contributed by atoms with Gasteiger partial charge in [-0.3, -0.25) is 4.79 Å². The number of nitrogens with zero attached hydrogens (tertiary/aromatic N) is 2. The minimum absolute atomic E-state index is 0.0308. The first kappa shape index (κ1) is 15.7. The van der Waals surface area contributed by atoms with Crippen molar-refractivity contribution in [2.24, 2.45) is 0 Å². The molecular weight excluding hydrogens is 264 g/mol. The third kappa shape index (κ3) is 4.07. The van der Waals surface area contributed by atoms with Crippen molar-refractivity contribution < 1.29 is 9.90 Å². The van der Waals surface area contributed by atoms with E-state index < -0.39 is 0 Å². The van der Waals surface area contributed by atoms with Gasteiger partial charge in [0.05, 0.1) is 6.61 Å². The zero-order valence-corrected chi connectivity index (χ0v) is 12.5. The molecule has 6 nitrogen and oxygen atoms in total. The summed E-state index contributed by atoms with van der Waals surface area (Å²) in [4.78, 5) is 14.1. The van der Waals surface area contributed by atoms with E-state index in [0.29, 0.717) is 12.1 Å². The van der Waals surface area contributed by atoms with Gasteiger partial charge in [-0.25, -0.2) is 0 Å². The van der Waals surface area contributed by atoms with Crippen LogP contribution in [0.4, 0.5) is 10.8 Å². The monoisotopic (exact) mass is 286 g/mol. The molecule has 0 fully saturated rings. The predicted octanol–water partition coefficient (Wildman–Crippen LogP) is 1.07. The van der Waals surface area contributed by atoms with E-state index in [-0.39, 0.29) is 24.4 Å². The molecule has 0 saturated carbocycles. The summed E-state index contributed by atoms with van der Waals surface area (Å²) in [5, 5.41) is 12.7. The molecule has 0 aliphatic carbocycles. The number of nitrogen functional groups attached to an aromatic ring is 1. The number of anilines is 2. The van der Waals surface area contributed by atoms with E-state index in [0.717, 1.165) is 18.0 Å². The number of amides is 1. The van der Waals surface area contributed by atoms with Crippen LogP contribution in [0.5, 0.6) is 0 Å². The number of hydrogen-bond donors (Lipinski definition) is 3. The highest BCUT2D eigenvalue weighted by atomic mass is 32.1. The minimum Gasteiger partial charge on any atom is -0.395 e. The average Bonchev–Trinajstić information content (AvgIpc) is 2.70. The van der Waals surface area contributed by atoms with Gasteiger partial charge in [0.1, 0.15) is 10.6 Å². The fourth-order valence-electron chi connectivity index (χ4n) is 1.76. The maximum absolute atomic E-state index is 12.2. The Morgan fingerprint density at radius 3 is 2.74 bits per heavy atom. The van der Waals surface area contributed by atoms with E-state index in [2.05, 4.69) is 9.69 Å². The molecule has 0 aliphatic rings. The van der Waals surface area contributed by atoms with Gasteiger partial charge in [-0.2, -0.15) is 4.37 Å². The predicted molar refractivity (Wildman–Crippen MR) is 78.7 cm³/mol. The molecule has 1 amide bonds. The number of aromatic nitrogens is 1. The van der Waals surface area contributed by atoms with Crippen LogP contribution < -0.4 is 16.0 Å². The highest BCUT2D eigenvalue weighted by Crippen LogP contribution is 2.30. The summed E-state index contributed by atoms with van der Waals surface area (Å²) in [7, 11) is 0. The molecule has 0 saturated heterocycles. The lowest BCUT2D eigenvalue weighted by Crippen LogP contribution is -2.33. The lowest BCUT2D eigenvalue weighted by atomic mass is 10.2. The van der Waals surface area contributed by atoms with Crippen LogP contribution in [-0.2, 0) is 0 Å². The summed E-state index contributed by atoms with van der Waals surface area (Å²) in [5.74, 6) is 0.0347. The molecule has 0 unspecified atom stereocenters. The van der Waals surface area contributed by atoms with Gasteiger partial charge in [0.25, 0.3) is 5.91 Å². The van der Waals surface area contributed by atoms with E-state index in [1.54, 1.807) is 0 Å². The van der Waals surface area contributed by atoms with Gasteiger partial charge >= 0.3 is 0 Å². The zero-order valence-electron chi connectivity index (χ0n) is 11.6. The number of rotatable bonds is 7. The highest BCUT2D eigenvalue weighted by molar-refractivity contribution is 7.11. The molecule has 0 aromatic carbocycles. The van der Waals surface area contributed by atoms with Crippen LogP contribution in [0.15, 0.2) is 0 Å². The lowest BCUT2D eigenvalue weighted by molar-refractivity contribution is 0.0944. The largest absolute Gasteiger partial charge is 0.395 e. The number of nitrogens with two attached hydrogens (primary N) is 1. The number of carbonyl (C=O) groups is 1. The Morgan fingerprint density at radius 1 is 1.53 bits per heavy atom.